The first kappa shape index (κ1) is 6.30. The molecular weight excluding hydrogens is 110 g/mol. The number of hydrogen-bond acceptors (Lipinski definition) is 1. The highest BCUT2D eigenvalue weighted by Crippen LogP contribution is 2.40. The molecule has 0 fully saturated rings. The Morgan fingerprint density at radius 2 is 1.78 bits per heavy atom. The molecule has 0 saturated carbocycles. The molecule has 0 aromatic rings. The van der Waals surface area contributed by atoms with E-state index in [9.17, 15) is 0 Å². The van der Waals surface area contributed by atoms with E-state index < -0.39 is 0 Å². The minimum Gasteiger partial charge on any atom is -0.344 e. The zero-order valence-corrected chi connectivity index (χ0v) is 5.86. The average Bonchev–Trinajstić information content (AvgIpc) is 2.39. The van der Waals surface area contributed by atoms with E-state index in [1.54, 1.807) is 0 Å². The van der Waals surface area contributed by atoms with Crippen molar-refractivity contribution in [2.75, 3.05) is 0 Å². The Labute approximate surface area is 55.3 Å². The van der Waals surface area contributed by atoms with Crippen LogP contribution in [-0.2, 0) is 0 Å². The standard InChI is InChI=1S/C8H8.H3N/c1-5-3-7-4-8(7)6(5)2;/h3-4H,1-2H3;1H3. The van der Waals surface area contributed by atoms with Crippen molar-refractivity contribution in [2.45, 2.75) is 13.8 Å². The molecule has 0 heterocycles. The summed E-state index contributed by atoms with van der Waals surface area (Å²) in [6.07, 6.45) is 0. The smallest absolute Gasteiger partial charge is 0.0146 e. The first-order chi connectivity index (χ1) is 3.79. The fourth-order valence-corrected chi connectivity index (χ4v) is 1.12. The van der Waals surface area contributed by atoms with Crippen molar-refractivity contribution in [3.8, 4) is 11.1 Å². The van der Waals surface area contributed by atoms with Crippen LogP contribution in [0.4, 0.5) is 0 Å². The van der Waals surface area contributed by atoms with Crippen molar-refractivity contribution >= 4 is 0 Å². The Morgan fingerprint density at radius 3 is 2.00 bits per heavy atom. The number of benzene rings is 1. The lowest BCUT2D eigenvalue weighted by molar-refractivity contribution is 1.41. The molecule has 1 heteroatoms. The SMILES string of the molecule is Cc1cc2cc-2c1C.N. The van der Waals surface area contributed by atoms with E-state index in [-0.39, 0.29) is 6.15 Å². The van der Waals surface area contributed by atoms with Crippen LogP contribution in [0.15, 0.2) is 12.1 Å². The lowest BCUT2D eigenvalue weighted by Crippen LogP contribution is -1.65. The largest absolute Gasteiger partial charge is 0.344 e. The highest BCUT2D eigenvalue weighted by atomic mass is 14.2. The predicted octanol–water partition coefficient (Wildman–Crippen LogP) is 2.45. The highest BCUT2D eigenvalue weighted by Gasteiger charge is 2.16. The highest BCUT2D eigenvalue weighted by molar-refractivity contribution is 5.86. The van der Waals surface area contributed by atoms with Crippen LogP contribution < -0.4 is 6.15 Å². The summed E-state index contributed by atoms with van der Waals surface area (Å²) in [5, 5.41) is 0. The Kier molecular flexibility index (Phi) is 1.11. The molecule has 3 N–H and O–H groups in total. The zero-order chi connectivity index (χ0) is 5.72. The molecule has 0 bridgehead atoms. The molecule has 0 aliphatic heterocycles. The summed E-state index contributed by atoms with van der Waals surface area (Å²) in [5.41, 5.74) is 5.86. The normalized spacial score (nSPS) is 10.4. The van der Waals surface area contributed by atoms with Gasteiger partial charge in [0.1, 0.15) is 0 Å². The zero-order valence-electron chi connectivity index (χ0n) is 5.86. The van der Waals surface area contributed by atoms with E-state index in [1.807, 2.05) is 0 Å². The molecule has 9 heavy (non-hydrogen) atoms. The summed E-state index contributed by atoms with van der Waals surface area (Å²) in [7, 11) is 0. The average molecular weight is 121 g/mol. The molecule has 0 saturated heterocycles. The van der Waals surface area contributed by atoms with Crippen LogP contribution in [0.2, 0.25) is 0 Å². The van der Waals surface area contributed by atoms with Gasteiger partial charge < -0.3 is 6.15 Å². The van der Waals surface area contributed by atoms with Gasteiger partial charge in [-0.15, -0.1) is 0 Å². The van der Waals surface area contributed by atoms with Gasteiger partial charge in [0.05, 0.1) is 0 Å². The maximum atomic E-state index is 2.24. The fraction of sp³-hybridized carbons (Fsp3) is 0.250. The first-order valence-electron chi connectivity index (χ1n) is 2.90. The molecule has 0 aromatic carbocycles. The van der Waals surface area contributed by atoms with E-state index in [0.29, 0.717) is 0 Å². The monoisotopic (exact) mass is 121 g/mol. The van der Waals surface area contributed by atoms with Crippen molar-refractivity contribution in [1.82, 2.24) is 6.15 Å². The molecule has 1 nitrogen and oxygen atoms in total. The maximum absolute atomic E-state index is 2.24. The first-order valence-corrected chi connectivity index (χ1v) is 2.90. The lowest BCUT2D eigenvalue weighted by Gasteiger charge is -1.83. The van der Waals surface area contributed by atoms with Crippen molar-refractivity contribution in [3.63, 3.8) is 0 Å². The van der Waals surface area contributed by atoms with Gasteiger partial charge in [0.15, 0.2) is 0 Å². The molecule has 2 aliphatic carbocycles. The molecule has 0 amide bonds. The third-order valence-corrected chi connectivity index (χ3v) is 1.90. The molecule has 0 radical (unpaired) electrons. The molecule has 0 spiro atoms. The summed E-state index contributed by atoms with van der Waals surface area (Å²) in [4.78, 5) is 0. The predicted molar refractivity (Wildman–Crippen MR) is 39.9 cm³/mol. The minimum atomic E-state index is 0. The Hall–Kier alpha value is -0.820. The summed E-state index contributed by atoms with van der Waals surface area (Å²) >= 11 is 0. The lowest BCUT2D eigenvalue weighted by atomic mass is 10.2. The van der Waals surface area contributed by atoms with Crippen LogP contribution in [0.1, 0.15) is 11.1 Å². The number of hydrogen-bond donors (Lipinski definition) is 1. The van der Waals surface area contributed by atoms with Gasteiger partial charge in [0.2, 0.25) is 0 Å². The summed E-state index contributed by atoms with van der Waals surface area (Å²) in [5.74, 6) is 0. The van der Waals surface area contributed by atoms with Crippen LogP contribution in [0.5, 0.6) is 0 Å². The molecule has 0 atom stereocenters. The van der Waals surface area contributed by atoms with Gasteiger partial charge in [0.25, 0.3) is 0 Å². The second-order valence-electron chi connectivity index (χ2n) is 2.47. The maximum Gasteiger partial charge on any atom is -0.0146 e. The van der Waals surface area contributed by atoms with Crippen molar-refractivity contribution < 1.29 is 0 Å². The van der Waals surface area contributed by atoms with Gasteiger partial charge in [-0.05, 0) is 42.2 Å². The minimum absolute atomic E-state index is 0. The third-order valence-electron chi connectivity index (χ3n) is 1.90. The topological polar surface area (TPSA) is 35.0 Å². The fourth-order valence-electron chi connectivity index (χ4n) is 1.12. The number of aryl methyl sites for hydroxylation is 1. The van der Waals surface area contributed by atoms with Gasteiger partial charge in [0, 0.05) is 0 Å². The van der Waals surface area contributed by atoms with E-state index in [0.717, 1.165) is 0 Å². The van der Waals surface area contributed by atoms with E-state index in [2.05, 4.69) is 26.0 Å². The van der Waals surface area contributed by atoms with Crippen LogP contribution >= 0.6 is 0 Å². The van der Waals surface area contributed by atoms with Gasteiger partial charge in [-0.3, -0.25) is 0 Å². The summed E-state index contributed by atoms with van der Waals surface area (Å²) in [6, 6.07) is 4.47. The quantitative estimate of drug-likeness (QED) is 0.570. The van der Waals surface area contributed by atoms with Gasteiger partial charge >= 0.3 is 0 Å². The van der Waals surface area contributed by atoms with Crippen molar-refractivity contribution in [3.05, 3.63) is 23.3 Å². The third kappa shape index (κ3) is 0.653. The molecule has 0 unspecified atom stereocenters. The Balaban J connectivity index is 0.000000405. The second-order valence-corrected chi connectivity index (χ2v) is 2.47. The number of rotatable bonds is 0. The van der Waals surface area contributed by atoms with E-state index >= 15 is 0 Å². The summed E-state index contributed by atoms with van der Waals surface area (Å²) < 4.78 is 0. The van der Waals surface area contributed by atoms with Crippen LogP contribution in [0.25, 0.3) is 11.1 Å². The van der Waals surface area contributed by atoms with Gasteiger partial charge in [-0.25, -0.2) is 0 Å². The number of fused-ring (bicyclic) bond motifs is 1. The van der Waals surface area contributed by atoms with Crippen molar-refractivity contribution in [2.24, 2.45) is 0 Å². The molecule has 48 valence electrons. The van der Waals surface area contributed by atoms with Gasteiger partial charge in [-0.1, -0.05) is 6.07 Å². The van der Waals surface area contributed by atoms with Crippen LogP contribution in [0, 0.1) is 13.8 Å². The molecule has 0 aromatic heterocycles. The van der Waals surface area contributed by atoms with Crippen LogP contribution in [0.3, 0.4) is 0 Å². The van der Waals surface area contributed by atoms with Gasteiger partial charge in [-0.2, -0.15) is 0 Å². The summed E-state index contributed by atoms with van der Waals surface area (Å²) in [6.45, 7) is 4.34. The molecular formula is C8H11N. The molecule has 2 aliphatic rings. The Bertz CT molecular complexity index is 251. The van der Waals surface area contributed by atoms with E-state index in [1.165, 1.54) is 22.3 Å². The van der Waals surface area contributed by atoms with Crippen molar-refractivity contribution in [1.29, 1.82) is 0 Å². The van der Waals surface area contributed by atoms with Crippen LogP contribution in [-0.4, -0.2) is 0 Å². The second kappa shape index (κ2) is 1.58. The molecule has 2 rings (SSSR count). The Morgan fingerprint density at radius 1 is 1.11 bits per heavy atom. The van der Waals surface area contributed by atoms with E-state index in [4.69, 9.17) is 0 Å².